The molecule has 1 unspecified atom stereocenters. The van der Waals surface area contributed by atoms with E-state index < -0.39 is 11.5 Å². The van der Waals surface area contributed by atoms with Crippen LogP contribution in [0.4, 0.5) is 4.39 Å². The molecule has 0 radical (unpaired) electrons. The van der Waals surface area contributed by atoms with Gasteiger partial charge in [-0.3, -0.25) is 9.59 Å². The number of carbonyl (C=O) groups excluding carboxylic acids is 1. The smallest absolute Gasteiger partial charge is 0.261 e. The number of ether oxygens (including phenoxy) is 1. The van der Waals surface area contributed by atoms with Crippen molar-refractivity contribution in [1.29, 1.82) is 0 Å². The van der Waals surface area contributed by atoms with Crippen LogP contribution < -0.4 is 10.9 Å². The Balaban J connectivity index is 1.72. The van der Waals surface area contributed by atoms with Gasteiger partial charge < -0.3 is 15.0 Å². The second kappa shape index (κ2) is 6.75. The zero-order chi connectivity index (χ0) is 16.2. The molecule has 1 aliphatic rings. The van der Waals surface area contributed by atoms with Crippen molar-refractivity contribution in [1.82, 2.24) is 10.3 Å². The Morgan fingerprint density at radius 1 is 1.26 bits per heavy atom. The van der Waals surface area contributed by atoms with Gasteiger partial charge in [-0.25, -0.2) is 4.39 Å². The first-order valence-electron chi connectivity index (χ1n) is 7.52. The van der Waals surface area contributed by atoms with Gasteiger partial charge in [-0.2, -0.15) is 0 Å². The number of hydrogen-bond donors (Lipinski definition) is 2. The lowest BCUT2D eigenvalue weighted by Crippen LogP contribution is -2.35. The fourth-order valence-corrected chi connectivity index (χ4v) is 2.56. The number of amides is 1. The lowest BCUT2D eigenvalue weighted by atomic mass is 10.1. The Morgan fingerprint density at radius 3 is 2.70 bits per heavy atom. The van der Waals surface area contributed by atoms with Gasteiger partial charge in [0, 0.05) is 18.8 Å². The first-order chi connectivity index (χ1) is 11.1. The Morgan fingerprint density at radius 2 is 2.04 bits per heavy atom. The third-order valence-corrected chi connectivity index (χ3v) is 3.82. The quantitative estimate of drug-likeness (QED) is 0.907. The molecule has 23 heavy (non-hydrogen) atoms. The van der Waals surface area contributed by atoms with Crippen molar-refractivity contribution in [2.45, 2.75) is 18.9 Å². The van der Waals surface area contributed by atoms with E-state index in [4.69, 9.17) is 4.74 Å². The third-order valence-electron chi connectivity index (χ3n) is 3.82. The summed E-state index contributed by atoms with van der Waals surface area (Å²) >= 11 is 0. The molecule has 1 aromatic carbocycles. The largest absolute Gasteiger partial charge is 0.376 e. The second-order valence-corrected chi connectivity index (χ2v) is 5.47. The monoisotopic (exact) mass is 316 g/mol. The maximum Gasteiger partial charge on any atom is 0.261 e. The highest BCUT2D eigenvalue weighted by molar-refractivity contribution is 5.94. The molecule has 3 rings (SSSR count). The van der Waals surface area contributed by atoms with E-state index in [-0.39, 0.29) is 17.5 Å². The van der Waals surface area contributed by atoms with Gasteiger partial charge in [0.1, 0.15) is 11.4 Å². The molecule has 2 heterocycles. The van der Waals surface area contributed by atoms with Crippen LogP contribution in [0.25, 0.3) is 11.3 Å². The van der Waals surface area contributed by atoms with Crippen LogP contribution in [-0.4, -0.2) is 30.1 Å². The average Bonchev–Trinajstić information content (AvgIpc) is 3.06. The molecule has 1 amide bonds. The summed E-state index contributed by atoms with van der Waals surface area (Å²) in [5.41, 5.74) is 0.783. The maximum absolute atomic E-state index is 12.9. The van der Waals surface area contributed by atoms with Crippen molar-refractivity contribution < 1.29 is 13.9 Å². The molecule has 1 aliphatic heterocycles. The summed E-state index contributed by atoms with van der Waals surface area (Å²) < 4.78 is 18.4. The maximum atomic E-state index is 12.9. The molecule has 120 valence electrons. The molecule has 0 aliphatic carbocycles. The Kier molecular flexibility index (Phi) is 4.52. The summed E-state index contributed by atoms with van der Waals surface area (Å²) in [5.74, 6) is -0.770. The summed E-state index contributed by atoms with van der Waals surface area (Å²) in [4.78, 5) is 26.8. The zero-order valence-corrected chi connectivity index (χ0v) is 12.5. The summed E-state index contributed by atoms with van der Waals surface area (Å²) in [6, 6.07) is 8.87. The predicted molar refractivity (Wildman–Crippen MR) is 83.8 cm³/mol. The first kappa shape index (κ1) is 15.4. The SMILES string of the molecule is O=C(NCC1CCCO1)c1ccc(-c2ccc(F)cc2)[nH]c1=O. The minimum Gasteiger partial charge on any atom is -0.376 e. The number of aromatic amines is 1. The lowest BCUT2D eigenvalue weighted by Gasteiger charge is -2.10. The molecule has 2 aromatic rings. The van der Waals surface area contributed by atoms with E-state index in [1.165, 1.54) is 18.2 Å². The van der Waals surface area contributed by atoms with Crippen LogP contribution in [0.15, 0.2) is 41.2 Å². The topological polar surface area (TPSA) is 71.2 Å². The normalized spacial score (nSPS) is 17.2. The number of pyridine rings is 1. The first-order valence-corrected chi connectivity index (χ1v) is 7.52. The number of hydrogen-bond acceptors (Lipinski definition) is 3. The van der Waals surface area contributed by atoms with Crippen LogP contribution in [-0.2, 0) is 4.74 Å². The van der Waals surface area contributed by atoms with Crippen molar-refractivity contribution in [3.8, 4) is 11.3 Å². The lowest BCUT2D eigenvalue weighted by molar-refractivity contribution is 0.0856. The molecular weight excluding hydrogens is 299 g/mol. The van der Waals surface area contributed by atoms with E-state index in [1.807, 2.05) is 0 Å². The highest BCUT2D eigenvalue weighted by Gasteiger charge is 2.18. The molecule has 6 heteroatoms. The van der Waals surface area contributed by atoms with E-state index in [9.17, 15) is 14.0 Å². The van der Waals surface area contributed by atoms with Crippen LogP contribution in [0.3, 0.4) is 0 Å². The fourth-order valence-electron chi connectivity index (χ4n) is 2.56. The Bertz CT molecular complexity index is 749. The summed E-state index contributed by atoms with van der Waals surface area (Å²) in [7, 11) is 0. The van der Waals surface area contributed by atoms with E-state index in [1.54, 1.807) is 18.2 Å². The number of halogens is 1. The molecular formula is C17H17FN2O3. The standard InChI is InChI=1S/C17H17FN2O3/c18-12-5-3-11(4-6-12)15-8-7-14(17(22)20-15)16(21)19-10-13-2-1-9-23-13/h3-8,13H,1-2,9-10H2,(H,19,21)(H,20,22). The van der Waals surface area contributed by atoms with Gasteiger partial charge in [0.15, 0.2) is 0 Å². The van der Waals surface area contributed by atoms with Crippen molar-refractivity contribution in [3.63, 3.8) is 0 Å². The fraction of sp³-hybridized carbons (Fsp3) is 0.294. The van der Waals surface area contributed by atoms with Gasteiger partial charge in [-0.1, -0.05) is 0 Å². The van der Waals surface area contributed by atoms with E-state index in [0.29, 0.717) is 24.4 Å². The molecule has 1 atom stereocenters. The average molecular weight is 316 g/mol. The van der Waals surface area contributed by atoms with Gasteiger partial charge in [-0.15, -0.1) is 0 Å². The van der Waals surface area contributed by atoms with Crippen molar-refractivity contribution >= 4 is 5.91 Å². The van der Waals surface area contributed by atoms with Gasteiger partial charge in [0.25, 0.3) is 11.5 Å². The molecule has 5 nitrogen and oxygen atoms in total. The summed E-state index contributed by atoms with van der Waals surface area (Å²) in [5, 5.41) is 2.71. The third kappa shape index (κ3) is 3.65. The Labute approximate surface area is 132 Å². The van der Waals surface area contributed by atoms with Crippen molar-refractivity contribution in [2.75, 3.05) is 13.2 Å². The summed E-state index contributed by atoms with van der Waals surface area (Å²) in [6.07, 6.45) is 1.93. The van der Waals surface area contributed by atoms with Gasteiger partial charge in [0.2, 0.25) is 0 Å². The highest BCUT2D eigenvalue weighted by Crippen LogP contribution is 2.16. The molecule has 0 spiro atoms. The van der Waals surface area contributed by atoms with Crippen molar-refractivity contribution in [2.24, 2.45) is 0 Å². The number of rotatable bonds is 4. The molecule has 0 saturated carbocycles. The van der Waals surface area contributed by atoms with E-state index >= 15 is 0 Å². The molecule has 1 aromatic heterocycles. The molecule has 1 fully saturated rings. The molecule has 0 bridgehead atoms. The van der Waals surface area contributed by atoms with Crippen LogP contribution in [0, 0.1) is 5.82 Å². The number of H-pyrrole nitrogens is 1. The van der Waals surface area contributed by atoms with E-state index in [2.05, 4.69) is 10.3 Å². The van der Waals surface area contributed by atoms with E-state index in [0.717, 1.165) is 12.8 Å². The molecule has 2 N–H and O–H groups in total. The van der Waals surface area contributed by atoms with Crippen molar-refractivity contribution in [3.05, 3.63) is 58.1 Å². The van der Waals surface area contributed by atoms with Gasteiger partial charge in [-0.05, 0) is 54.8 Å². The number of aromatic nitrogens is 1. The zero-order valence-electron chi connectivity index (χ0n) is 12.5. The Hall–Kier alpha value is -2.47. The van der Waals surface area contributed by atoms with Crippen LogP contribution in [0.1, 0.15) is 23.2 Å². The van der Waals surface area contributed by atoms with Crippen LogP contribution in [0.5, 0.6) is 0 Å². The number of carbonyl (C=O) groups is 1. The van der Waals surface area contributed by atoms with Gasteiger partial charge in [0.05, 0.1) is 6.10 Å². The summed E-state index contributed by atoms with van der Waals surface area (Å²) in [6.45, 7) is 1.12. The minimum absolute atomic E-state index is 0.0246. The molecule has 1 saturated heterocycles. The number of benzene rings is 1. The minimum atomic E-state index is -0.475. The number of nitrogens with one attached hydrogen (secondary N) is 2. The highest BCUT2D eigenvalue weighted by atomic mass is 19.1. The van der Waals surface area contributed by atoms with Gasteiger partial charge >= 0.3 is 0 Å². The van der Waals surface area contributed by atoms with Crippen LogP contribution >= 0.6 is 0 Å². The second-order valence-electron chi connectivity index (χ2n) is 5.47. The van der Waals surface area contributed by atoms with Crippen LogP contribution in [0.2, 0.25) is 0 Å². The predicted octanol–water partition coefficient (Wildman–Crippen LogP) is 2.09.